The maximum Gasteiger partial charge on any atom is 0.496 e. The van der Waals surface area contributed by atoms with Crippen molar-refractivity contribution in [1.82, 2.24) is 9.97 Å². The first-order valence-electron chi connectivity index (χ1n) is 7.81. The number of rotatable bonds is 3. The van der Waals surface area contributed by atoms with Crippen molar-refractivity contribution in [1.29, 1.82) is 0 Å². The minimum Gasteiger partial charge on any atom is -0.399 e. The average molecular weight is 361 g/mol. The Labute approximate surface area is 147 Å². The second kappa shape index (κ2) is 5.79. The van der Waals surface area contributed by atoms with Crippen LogP contribution >= 0.6 is 0 Å². The second-order valence-electron chi connectivity index (χ2n) is 6.94. The molecule has 1 aliphatic rings. The molecule has 0 amide bonds. The number of sulfone groups is 1. The van der Waals surface area contributed by atoms with E-state index in [1.54, 1.807) is 6.07 Å². The number of hydrogen-bond donors (Lipinski definition) is 1. The Morgan fingerprint density at radius 2 is 1.60 bits per heavy atom. The van der Waals surface area contributed by atoms with Crippen molar-refractivity contribution in [2.45, 2.75) is 48.8 Å². The predicted octanol–water partition coefficient (Wildman–Crippen LogP) is 1.19. The molecule has 2 aromatic rings. The highest BCUT2D eigenvalue weighted by Crippen LogP contribution is 2.36. The molecule has 132 valence electrons. The molecule has 9 heteroatoms. The smallest absolute Gasteiger partial charge is 0.399 e. The van der Waals surface area contributed by atoms with Gasteiger partial charge in [-0.2, -0.15) is 0 Å². The van der Waals surface area contributed by atoms with Crippen molar-refractivity contribution in [3.05, 3.63) is 36.7 Å². The molecule has 2 aromatic heterocycles. The van der Waals surface area contributed by atoms with Crippen LogP contribution in [0.15, 0.2) is 46.6 Å². The molecule has 3 heterocycles. The van der Waals surface area contributed by atoms with E-state index in [1.807, 2.05) is 27.7 Å². The van der Waals surface area contributed by atoms with Gasteiger partial charge in [-0.15, -0.1) is 0 Å². The van der Waals surface area contributed by atoms with Gasteiger partial charge in [-0.1, -0.05) is 6.07 Å². The summed E-state index contributed by atoms with van der Waals surface area (Å²) in [6.45, 7) is 7.81. The lowest BCUT2D eigenvalue weighted by Crippen LogP contribution is -2.41. The van der Waals surface area contributed by atoms with Crippen LogP contribution in [0.4, 0.5) is 5.82 Å². The van der Waals surface area contributed by atoms with E-state index in [-0.39, 0.29) is 15.7 Å². The number of nitrogen functional groups attached to an aromatic ring is 1. The maximum atomic E-state index is 12.6. The number of nitrogens with zero attached hydrogens (tertiary/aromatic N) is 2. The molecule has 0 atom stereocenters. The van der Waals surface area contributed by atoms with Crippen molar-refractivity contribution >= 4 is 28.2 Å². The minimum absolute atomic E-state index is 0.0394. The van der Waals surface area contributed by atoms with Gasteiger partial charge in [0.2, 0.25) is 9.84 Å². The molecule has 0 saturated carbocycles. The summed E-state index contributed by atoms with van der Waals surface area (Å²) in [5.41, 5.74) is 5.20. The molecule has 0 bridgehead atoms. The van der Waals surface area contributed by atoms with E-state index in [2.05, 4.69) is 9.97 Å². The molecule has 25 heavy (non-hydrogen) atoms. The van der Waals surface area contributed by atoms with E-state index in [0.717, 1.165) is 0 Å². The molecule has 1 fully saturated rings. The van der Waals surface area contributed by atoms with Crippen LogP contribution in [0.5, 0.6) is 0 Å². The molecule has 2 N–H and O–H groups in total. The zero-order chi connectivity index (χ0) is 18.5. The van der Waals surface area contributed by atoms with E-state index in [9.17, 15) is 8.42 Å². The summed E-state index contributed by atoms with van der Waals surface area (Å²) in [6, 6.07) is 5.92. The highest BCUT2D eigenvalue weighted by atomic mass is 32.2. The summed E-state index contributed by atoms with van der Waals surface area (Å²) in [5.74, 6) is 0.253. The topological polar surface area (TPSA) is 104 Å². The number of anilines is 1. The Bertz CT molecular complexity index is 865. The lowest BCUT2D eigenvalue weighted by molar-refractivity contribution is 0.00578. The fourth-order valence-corrected chi connectivity index (χ4v) is 3.46. The van der Waals surface area contributed by atoms with E-state index in [4.69, 9.17) is 15.0 Å². The third-order valence-electron chi connectivity index (χ3n) is 4.63. The summed E-state index contributed by atoms with van der Waals surface area (Å²) in [7, 11) is -4.34. The highest BCUT2D eigenvalue weighted by Gasteiger charge is 2.51. The molecular weight excluding hydrogens is 341 g/mol. The average Bonchev–Trinajstić information content (AvgIpc) is 2.76. The van der Waals surface area contributed by atoms with E-state index >= 15 is 0 Å². The first kappa shape index (κ1) is 17.8. The van der Waals surface area contributed by atoms with Gasteiger partial charge in [-0.05, 0) is 45.9 Å². The number of pyridine rings is 2. The number of hydrogen-bond acceptors (Lipinski definition) is 7. The number of nitrogens with two attached hydrogens (primary N) is 1. The summed E-state index contributed by atoms with van der Waals surface area (Å²) < 4.78 is 37.0. The molecule has 0 radical (unpaired) electrons. The predicted molar refractivity (Wildman–Crippen MR) is 94.1 cm³/mol. The number of aromatic nitrogens is 2. The van der Waals surface area contributed by atoms with E-state index < -0.39 is 28.2 Å². The zero-order valence-electron chi connectivity index (χ0n) is 14.6. The third kappa shape index (κ3) is 3.14. The van der Waals surface area contributed by atoms with E-state index in [0.29, 0.717) is 5.46 Å². The summed E-state index contributed by atoms with van der Waals surface area (Å²) >= 11 is 0. The molecule has 0 aromatic carbocycles. The van der Waals surface area contributed by atoms with Crippen molar-refractivity contribution in [2.75, 3.05) is 5.73 Å². The SMILES string of the molecule is CC1(C)OB(c2ccc(S(=O)(=O)c3ccc(N)nc3)nc2)OC1(C)C. The lowest BCUT2D eigenvalue weighted by Gasteiger charge is -2.32. The Hall–Kier alpha value is -1.97. The van der Waals surface area contributed by atoms with Gasteiger partial charge in [-0.3, -0.25) is 0 Å². The van der Waals surface area contributed by atoms with Crippen LogP contribution in [0.3, 0.4) is 0 Å². The quantitative estimate of drug-likeness (QED) is 0.819. The minimum atomic E-state index is -3.75. The third-order valence-corrected chi connectivity index (χ3v) is 6.28. The Morgan fingerprint density at radius 3 is 2.08 bits per heavy atom. The second-order valence-corrected chi connectivity index (χ2v) is 8.84. The van der Waals surface area contributed by atoms with Crippen LogP contribution < -0.4 is 11.2 Å². The van der Waals surface area contributed by atoms with Gasteiger partial charge < -0.3 is 15.0 Å². The highest BCUT2D eigenvalue weighted by molar-refractivity contribution is 7.91. The Morgan fingerprint density at radius 1 is 0.960 bits per heavy atom. The summed E-state index contributed by atoms with van der Waals surface area (Å²) in [6.07, 6.45) is 2.67. The molecule has 0 unspecified atom stereocenters. The van der Waals surface area contributed by atoms with Gasteiger partial charge in [0.15, 0.2) is 5.03 Å². The van der Waals surface area contributed by atoms with Crippen LogP contribution in [0.1, 0.15) is 27.7 Å². The van der Waals surface area contributed by atoms with Crippen LogP contribution in [-0.2, 0) is 19.1 Å². The Kier molecular flexibility index (Phi) is 4.13. The zero-order valence-corrected chi connectivity index (χ0v) is 15.4. The molecule has 1 saturated heterocycles. The van der Waals surface area contributed by atoms with Crippen LogP contribution in [-0.4, -0.2) is 36.7 Å². The molecule has 0 spiro atoms. The Balaban J connectivity index is 1.87. The molecule has 0 aliphatic carbocycles. The molecule has 3 rings (SSSR count). The van der Waals surface area contributed by atoms with Crippen molar-refractivity contribution < 1.29 is 17.7 Å². The van der Waals surface area contributed by atoms with Gasteiger partial charge in [0, 0.05) is 17.9 Å². The standard InChI is InChI=1S/C16H20BN3O4S/c1-15(2)16(3,4)24-17(23-15)11-5-8-14(20-9-11)25(21,22)12-6-7-13(18)19-10-12/h5-10H,1-4H3,(H2,18,19). The van der Waals surface area contributed by atoms with Gasteiger partial charge in [0.1, 0.15) is 5.82 Å². The van der Waals surface area contributed by atoms with Crippen LogP contribution in [0.2, 0.25) is 0 Å². The fourth-order valence-electron chi connectivity index (χ4n) is 2.34. The van der Waals surface area contributed by atoms with Crippen LogP contribution in [0, 0.1) is 0 Å². The monoisotopic (exact) mass is 361 g/mol. The molecule has 7 nitrogen and oxygen atoms in total. The van der Waals surface area contributed by atoms with Crippen molar-refractivity contribution in [2.24, 2.45) is 0 Å². The van der Waals surface area contributed by atoms with Gasteiger partial charge >= 0.3 is 7.12 Å². The van der Waals surface area contributed by atoms with Crippen LogP contribution in [0.25, 0.3) is 0 Å². The molecular formula is C16H20BN3O4S. The first-order chi connectivity index (χ1) is 11.5. The normalized spacial score (nSPS) is 19.1. The van der Waals surface area contributed by atoms with Gasteiger partial charge in [-0.25, -0.2) is 18.4 Å². The van der Waals surface area contributed by atoms with Crippen molar-refractivity contribution in [3.8, 4) is 0 Å². The maximum absolute atomic E-state index is 12.6. The first-order valence-corrected chi connectivity index (χ1v) is 9.29. The molecule has 1 aliphatic heterocycles. The lowest BCUT2D eigenvalue weighted by atomic mass is 9.80. The van der Waals surface area contributed by atoms with Gasteiger partial charge in [0.05, 0.1) is 16.1 Å². The summed E-state index contributed by atoms with van der Waals surface area (Å²) in [4.78, 5) is 7.94. The van der Waals surface area contributed by atoms with Crippen molar-refractivity contribution in [3.63, 3.8) is 0 Å². The fraction of sp³-hybridized carbons (Fsp3) is 0.375. The van der Waals surface area contributed by atoms with Gasteiger partial charge in [0.25, 0.3) is 0 Å². The summed E-state index contributed by atoms with van der Waals surface area (Å²) in [5, 5.41) is -0.0701. The largest absolute Gasteiger partial charge is 0.496 e. The van der Waals surface area contributed by atoms with E-state index in [1.165, 1.54) is 30.6 Å².